The Hall–Kier alpha value is -1.27. The van der Waals surface area contributed by atoms with Gasteiger partial charge >= 0.3 is 0 Å². The monoisotopic (exact) mass is 312 g/mol. The molecule has 6 heteroatoms. The molecule has 0 radical (unpaired) electrons. The van der Waals surface area contributed by atoms with Crippen molar-refractivity contribution in [2.45, 2.75) is 32.0 Å². The molecule has 21 heavy (non-hydrogen) atoms. The van der Waals surface area contributed by atoms with Crippen molar-refractivity contribution < 1.29 is 13.4 Å². The van der Waals surface area contributed by atoms with Crippen molar-refractivity contribution in [2.75, 3.05) is 18.6 Å². The molecular formula is C15H21FN2O2S. The number of nitrogens with zero attached hydrogens (tertiary/aromatic N) is 1. The fraction of sp³-hybridized carbons (Fsp3) is 0.533. The van der Waals surface area contributed by atoms with E-state index in [1.54, 1.807) is 23.3 Å². The number of hydrogen-bond donors (Lipinski definition) is 1. The topological polar surface area (TPSA) is 49.4 Å². The van der Waals surface area contributed by atoms with E-state index in [4.69, 9.17) is 0 Å². The van der Waals surface area contributed by atoms with Crippen LogP contribution in [0.15, 0.2) is 24.3 Å². The van der Waals surface area contributed by atoms with Gasteiger partial charge in [-0.1, -0.05) is 25.5 Å². The molecule has 1 fully saturated rings. The number of carbonyl (C=O) groups excluding carboxylic acids is 1. The minimum Gasteiger partial charge on any atom is -0.321 e. The van der Waals surface area contributed by atoms with Crippen molar-refractivity contribution in [3.05, 3.63) is 35.6 Å². The molecule has 1 aromatic carbocycles. The van der Waals surface area contributed by atoms with Gasteiger partial charge in [-0.2, -0.15) is 0 Å². The molecule has 0 spiro atoms. The molecule has 0 aliphatic carbocycles. The van der Waals surface area contributed by atoms with Gasteiger partial charge in [0.15, 0.2) is 0 Å². The fourth-order valence-electron chi connectivity index (χ4n) is 2.59. The predicted octanol–water partition coefficient (Wildman–Crippen LogP) is 1.80. The van der Waals surface area contributed by atoms with Gasteiger partial charge in [0.1, 0.15) is 12.0 Å². The number of hydrogen-bond acceptors (Lipinski definition) is 3. The number of amides is 1. The summed E-state index contributed by atoms with van der Waals surface area (Å²) in [6.45, 7) is 2.44. The number of halogens is 1. The Balaban J connectivity index is 2.22. The molecular weight excluding hydrogens is 291 g/mol. The van der Waals surface area contributed by atoms with Gasteiger partial charge in [0, 0.05) is 29.4 Å². The highest BCUT2D eigenvalue weighted by molar-refractivity contribution is 7.84. The molecule has 4 nitrogen and oxygen atoms in total. The molecule has 1 aliphatic rings. The number of benzene rings is 1. The van der Waals surface area contributed by atoms with E-state index in [1.807, 2.05) is 6.92 Å². The van der Waals surface area contributed by atoms with Crippen LogP contribution in [0, 0.1) is 5.82 Å². The van der Waals surface area contributed by atoms with Gasteiger partial charge in [0.25, 0.3) is 0 Å². The summed E-state index contributed by atoms with van der Waals surface area (Å²) in [6, 6.07) is 6.02. The molecule has 1 amide bonds. The number of nitrogens with one attached hydrogen (secondary N) is 1. The van der Waals surface area contributed by atoms with E-state index in [1.165, 1.54) is 12.1 Å². The van der Waals surface area contributed by atoms with Crippen LogP contribution < -0.4 is 5.32 Å². The molecule has 0 aromatic heterocycles. The third-order valence-corrected chi connectivity index (χ3v) is 4.37. The summed E-state index contributed by atoms with van der Waals surface area (Å²) in [5.41, 5.74) is 0.726. The van der Waals surface area contributed by atoms with Gasteiger partial charge in [0.2, 0.25) is 5.91 Å². The largest absolute Gasteiger partial charge is 0.321 e. The molecule has 2 rings (SSSR count). The molecule has 0 bridgehead atoms. The Morgan fingerprint density at radius 1 is 1.43 bits per heavy atom. The third-order valence-electron chi connectivity index (χ3n) is 3.61. The fourth-order valence-corrected chi connectivity index (χ4v) is 3.05. The first-order valence-electron chi connectivity index (χ1n) is 7.15. The van der Waals surface area contributed by atoms with Crippen molar-refractivity contribution in [1.29, 1.82) is 0 Å². The molecule has 3 atom stereocenters. The Morgan fingerprint density at radius 2 is 2.19 bits per heavy atom. The zero-order valence-corrected chi connectivity index (χ0v) is 13.2. The van der Waals surface area contributed by atoms with Gasteiger partial charge < -0.3 is 4.90 Å². The highest BCUT2D eigenvalue weighted by Gasteiger charge is 2.38. The van der Waals surface area contributed by atoms with Crippen LogP contribution in [0.2, 0.25) is 0 Å². The first-order chi connectivity index (χ1) is 10.0. The molecule has 1 heterocycles. The van der Waals surface area contributed by atoms with E-state index in [-0.39, 0.29) is 23.9 Å². The van der Waals surface area contributed by atoms with Crippen LogP contribution in [0.1, 0.15) is 31.5 Å². The van der Waals surface area contributed by atoms with Crippen LogP contribution >= 0.6 is 0 Å². The predicted molar refractivity (Wildman–Crippen MR) is 81.6 cm³/mol. The van der Waals surface area contributed by atoms with Crippen molar-refractivity contribution in [1.82, 2.24) is 10.2 Å². The summed E-state index contributed by atoms with van der Waals surface area (Å²) in [7, 11) is -0.963. The summed E-state index contributed by atoms with van der Waals surface area (Å²) >= 11 is 0. The summed E-state index contributed by atoms with van der Waals surface area (Å²) < 4.78 is 24.7. The highest BCUT2D eigenvalue weighted by atomic mass is 32.2. The summed E-state index contributed by atoms with van der Waals surface area (Å²) in [5, 5.41) is 3.27. The second-order valence-electron chi connectivity index (χ2n) is 5.27. The van der Waals surface area contributed by atoms with Gasteiger partial charge in [-0.05, 0) is 24.1 Å². The van der Waals surface area contributed by atoms with Crippen LogP contribution in [0.4, 0.5) is 4.39 Å². The SMILES string of the molecule is CCCC1NC(c2cccc(F)c2)N(CCS(C)=O)C1=O. The smallest absolute Gasteiger partial charge is 0.241 e. The quantitative estimate of drug-likeness (QED) is 0.871. The van der Waals surface area contributed by atoms with Crippen molar-refractivity contribution in [3.8, 4) is 0 Å². The molecule has 3 unspecified atom stereocenters. The molecule has 0 saturated carbocycles. The van der Waals surface area contributed by atoms with E-state index in [2.05, 4.69) is 5.32 Å². The molecule has 1 aliphatic heterocycles. The van der Waals surface area contributed by atoms with E-state index < -0.39 is 10.8 Å². The maximum Gasteiger partial charge on any atom is 0.241 e. The molecule has 1 saturated heterocycles. The zero-order valence-electron chi connectivity index (χ0n) is 12.3. The van der Waals surface area contributed by atoms with Crippen LogP contribution in [-0.2, 0) is 15.6 Å². The Bertz CT molecular complexity index is 538. The minimum absolute atomic E-state index is 0.0107. The molecule has 116 valence electrons. The normalized spacial score (nSPS) is 23.6. The second kappa shape index (κ2) is 7.13. The van der Waals surface area contributed by atoms with E-state index in [9.17, 15) is 13.4 Å². The zero-order chi connectivity index (χ0) is 15.4. The van der Waals surface area contributed by atoms with E-state index >= 15 is 0 Å². The first-order valence-corrected chi connectivity index (χ1v) is 8.87. The Kier molecular flexibility index (Phi) is 5.47. The summed E-state index contributed by atoms with van der Waals surface area (Å²) in [5.74, 6) is 0.120. The van der Waals surface area contributed by atoms with E-state index in [0.717, 1.165) is 18.4 Å². The van der Waals surface area contributed by atoms with Crippen LogP contribution in [0.3, 0.4) is 0 Å². The van der Waals surface area contributed by atoms with Gasteiger partial charge in [0.05, 0.1) is 6.04 Å². The van der Waals surface area contributed by atoms with Crippen molar-refractivity contribution >= 4 is 16.7 Å². The maximum absolute atomic E-state index is 13.4. The standard InChI is InChI=1S/C15H21FN2O2S/c1-3-5-13-15(19)18(8-9-21(2)20)14(17-13)11-6-4-7-12(16)10-11/h4,6-7,10,13-14,17H,3,5,8-9H2,1-2H3. The van der Waals surface area contributed by atoms with Crippen LogP contribution in [0.25, 0.3) is 0 Å². The summed E-state index contributed by atoms with van der Waals surface area (Å²) in [4.78, 5) is 14.1. The Labute approximate surface area is 127 Å². The van der Waals surface area contributed by atoms with Crippen LogP contribution in [0.5, 0.6) is 0 Å². The summed E-state index contributed by atoms with van der Waals surface area (Å²) in [6.07, 6.45) is 2.92. The lowest BCUT2D eigenvalue weighted by Crippen LogP contribution is -2.34. The van der Waals surface area contributed by atoms with Gasteiger partial charge in [-0.25, -0.2) is 4.39 Å². The number of rotatable bonds is 6. The van der Waals surface area contributed by atoms with Gasteiger partial charge in [-0.3, -0.25) is 14.3 Å². The maximum atomic E-state index is 13.4. The molecule has 1 aromatic rings. The third kappa shape index (κ3) is 3.89. The average molecular weight is 312 g/mol. The highest BCUT2D eigenvalue weighted by Crippen LogP contribution is 2.27. The lowest BCUT2D eigenvalue weighted by atomic mass is 10.1. The minimum atomic E-state index is -0.963. The average Bonchev–Trinajstić information content (AvgIpc) is 2.74. The second-order valence-corrected chi connectivity index (χ2v) is 6.83. The van der Waals surface area contributed by atoms with Crippen molar-refractivity contribution in [3.63, 3.8) is 0 Å². The Morgan fingerprint density at radius 3 is 2.81 bits per heavy atom. The van der Waals surface area contributed by atoms with Crippen molar-refractivity contribution in [2.24, 2.45) is 0 Å². The van der Waals surface area contributed by atoms with Gasteiger partial charge in [-0.15, -0.1) is 0 Å². The lowest BCUT2D eigenvalue weighted by Gasteiger charge is -2.24. The molecule has 1 N–H and O–H groups in total. The first kappa shape index (κ1) is 16.1. The van der Waals surface area contributed by atoms with Crippen LogP contribution in [-0.4, -0.2) is 39.6 Å². The van der Waals surface area contributed by atoms with E-state index in [0.29, 0.717) is 12.3 Å². The number of carbonyl (C=O) groups is 1. The lowest BCUT2D eigenvalue weighted by molar-refractivity contribution is -0.130.